The lowest BCUT2D eigenvalue weighted by molar-refractivity contribution is -0.162. The van der Waals surface area contributed by atoms with E-state index in [0.29, 0.717) is 22.4 Å². The molecule has 3 aromatic rings. The Bertz CT molecular complexity index is 1420. The molecule has 4 aliphatic rings. The van der Waals surface area contributed by atoms with Gasteiger partial charge in [0.1, 0.15) is 5.52 Å². The average Bonchev–Trinajstić information content (AvgIpc) is 3.39. The van der Waals surface area contributed by atoms with Crippen molar-refractivity contribution in [3.05, 3.63) is 47.0 Å². The predicted molar refractivity (Wildman–Crippen MR) is 125 cm³/mol. The monoisotopic (exact) mass is 517 g/mol. The number of amides is 2. The first-order chi connectivity index (χ1) is 16.7. The molecule has 184 valence electrons. The standard InChI is InChI=1S/C24H24ClN3O6S/c25-15-3-6-18-17(9-15)27-22(34-18)14-1-4-16(5-2-14)26-21(29)19-7-8-20(33-19)35(31,32)28-23(30)24-10-13(11-24)12-24/h3,6-9,13-14,16H,1-2,4-5,10-12H2,(H,26,29)(H,28,30)/t13?,14-,16+,24?. The number of hydrogen-bond donors (Lipinski definition) is 2. The number of halogens is 1. The molecular weight excluding hydrogens is 494 g/mol. The molecule has 2 aromatic heterocycles. The van der Waals surface area contributed by atoms with Gasteiger partial charge in [-0.2, -0.15) is 8.42 Å². The number of aromatic nitrogens is 1. The Balaban J connectivity index is 1.04. The third kappa shape index (κ3) is 4.02. The van der Waals surface area contributed by atoms with Crippen molar-refractivity contribution in [1.29, 1.82) is 0 Å². The van der Waals surface area contributed by atoms with E-state index in [9.17, 15) is 18.0 Å². The Labute approximate surface area is 206 Å². The van der Waals surface area contributed by atoms with Crippen molar-refractivity contribution >= 4 is 44.5 Å². The zero-order chi connectivity index (χ0) is 24.4. The van der Waals surface area contributed by atoms with Gasteiger partial charge in [0.15, 0.2) is 17.2 Å². The van der Waals surface area contributed by atoms with Crippen molar-refractivity contribution in [2.75, 3.05) is 0 Å². The maximum absolute atomic E-state index is 12.7. The van der Waals surface area contributed by atoms with Crippen LogP contribution in [0, 0.1) is 11.3 Å². The molecule has 4 saturated carbocycles. The number of oxazole rings is 1. The van der Waals surface area contributed by atoms with Crippen LogP contribution in [0.15, 0.2) is 44.3 Å². The molecule has 4 aliphatic carbocycles. The summed E-state index contributed by atoms with van der Waals surface area (Å²) >= 11 is 6.03. The number of nitrogens with zero attached hydrogens (tertiary/aromatic N) is 1. The van der Waals surface area contributed by atoms with E-state index in [4.69, 9.17) is 20.4 Å². The number of carbonyl (C=O) groups excluding carboxylic acids is 2. The largest absolute Gasteiger partial charge is 0.440 e. The van der Waals surface area contributed by atoms with Crippen molar-refractivity contribution in [3.8, 4) is 0 Å². The second-order valence-electron chi connectivity index (χ2n) is 10.00. The van der Waals surface area contributed by atoms with E-state index in [1.165, 1.54) is 12.1 Å². The van der Waals surface area contributed by atoms with Crippen LogP contribution in [0.1, 0.15) is 67.3 Å². The van der Waals surface area contributed by atoms with Crippen LogP contribution in [-0.2, 0) is 14.8 Å². The zero-order valence-corrected chi connectivity index (χ0v) is 20.3. The Hall–Kier alpha value is -2.85. The molecule has 35 heavy (non-hydrogen) atoms. The molecule has 4 fully saturated rings. The van der Waals surface area contributed by atoms with Crippen molar-refractivity contribution in [3.63, 3.8) is 0 Å². The second kappa shape index (κ2) is 8.09. The SMILES string of the molecule is O=C(N[C@H]1CC[C@@H](c2nc3cc(Cl)ccc3o2)CC1)c1ccc(S(=O)(=O)NC(=O)C23CC(C2)C3)o1. The van der Waals surface area contributed by atoms with Gasteiger partial charge in [-0.05, 0) is 81.2 Å². The molecule has 2 heterocycles. The molecule has 0 unspecified atom stereocenters. The smallest absolute Gasteiger partial charge is 0.297 e. The predicted octanol–water partition coefficient (Wildman–Crippen LogP) is 4.14. The molecule has 2 amide bonds. The summed E-state index contributed by atoms with van der Waals surface area (Å²) in [5, 5.41) is 3.08. The van der Waals surface area contributed by atoms with Gasteiger partial charge in [-0.1, -0.05) is 11.6 Å². The molecule has 2 N–H and O–H groups in total. The van der Waals surface area contributed by atoms with Crippen LogP contribution in [0.2, 0.25) is 5.02 Å². The van der Waals surface area contributed by atoms with Crippen LogP contribution in [0.5, 0.6) is 0 Å². The van der Waals surface area contributed by atoms with Crippen LogP contribution in [0.25, 0.3) is 11.1 Å². The first kappa shape index (κ1) is 22.6. The number of sulfonamides is 1. The molecule has 11 heteroatoms. The van der Waals surface area contributed by atoms with Gasteiger partial charge in [0, 0.05) is 17.0 Å². The van der Waals surface area contributed by atoms with E-state index in [0.717, 1.165) is 50.5 Å². The first-order valence-electron chi connectivity index (χ1n) is 11.7. The zero-order valence-electron chi connectivity index (χ0n) is 18.8. The molecule has 2 bridgehead atoms. The number of nitrogens with one attached hydrogen (secondary N) is 2. The van der Waals surface area contributed by atoms with Crippen LogP contribution in [0.4, 0.5) is 0 Å². The summed E-state index contributed by atoms with van der Waals surface area (Å²) in [6.07, 6.45) is 5.24. The topological polar surface area (TPSA) is 132 Å². The fourth-order valence-electron chi connectivity index (χ4n) is 5.46. The minimum atomic E-state index is -4.16. The van der Waals surface area contributed by atoms with Crippen molar-refractivity contribution in [1.82, 2.24) is 15.0 Å². The summed E-state index contributed by atoms with van der Waals surface area (Å²) < 4.78 is 38.4. The molecule has 0 radical (unpaired) electrons. The molecule has 7 rings (SSSR count). The van der Waals surface area contributed by atoms with Crippen LogP contribution >= 0.6 is 11.6 Å². The minimum Gasteiger partial charge on any atom is -0.440 e. The van der Waals surface area contributed by atoms with Gasteiger partial charge in [-0.25, -0.2) is 9.71 Å². The first-order valence-corrected chi connectivity index (χ1v) is 13.6. The quantitative estimate of drug-likeness (QED) is 0.502. The van der Waals surface area contributed by atoms with Gasteiger partial charge >= 0.3 is 0 Å². The number of fused-ring (bicyclic) bond motifs is 1. The van der Waals surface area contributed by atoms with Crippen molar-refractivity contribution < 1.29 is 26.8 Å². The van der Waals surface area contributed by atoms with Crippen LogP contribution in [0.3, 0.4) is 0 Å². The van der Waals surface area contributed by atoms with Gasteiger partial charge in [-0.3, -0.25) is 9.59 Å². The molecule has 0 saturated heterocycles. The van der Waals surface area contributed by atoms with Crippen LogP contribution < -0.4 is 10.0 Å². The van der Waals surface area contributed by atoms with E-state index < -0.39 is 32.3 Å². The van der Waals surface area contributed by atoms with E-state index >= 15 is 0 Å². The van der Waals surface area contributed by atoms with Crippen molar-refractivity contribution in [2.45, 2.75) is 62.0 Å². The molecule has 9 nitrogen and oxygen atoms in total. The molecule has 0 aliphatic heterocycles. The van der Waals surface area contributed by atoms with E-state index in [2.05, 4.69) is 15.0 Å². The highest BCUT2D eigenvalue weighted by atomic mass is 35.5. The summed E-state index contributed by atoms with van der Waals surface area (Å²) in [4.78, 5) is 29.6. The second-order valence-corrected chi connectivity index (χ2v) is 12.0. The summed E-state index contributed by atoms with van der Waals surface area (Å²) in [5.74, 6) is 0.291. The molecule has 0 atom stereocenters. The lowest BCUT2D eigenvalue weighted by Gasteiger charge is -2.59. The number of rotatable bonds is 6. The highest BCUT2D eigenvalue weighted by Crippen LogP contribution is 2.64. The lowest BCUT2D eigenvalue weighted by Crippen LogP contribution is -2.61. The Morgan fingerprint density at radius 3 is 2.46 bits per heavy atom. The van der Waals surface area contributed by atoms with E-state index in [-0.39, 0.29) is 17.7 Å². The van der Waals surface area contributed by atoms with Crippen molar-refractivity contribution in [2.24, 2.45) is 11.3 Å². The number of carbonyl (C=O) groups is 2. The highest BCUT2D eigenvalue weighted by Gasteiger charge is 2.62. The Morgan fingerprint density at radius 1 is 1.03 bits per heavy atom. The average molecular weight is 518 g/mol. The minimum absolute atomic E-state index is 0.0771. The van der Waals surface area contributed by atoms with Gasteiger partial charge < -0.3 is 14.2 Å². The fourth-order valence-corrected chi connectivity index (χ4v) is 6.63. The lowest BCUT2D eigenvalue weighted by atomic mass is 9.44. The van der Waals surface area contributed by atoms with Gasteiger partial charge in [-0.15, -0.1) is 0 Å². The van der Waals surface area contributed by atoms with E-state index in [1.54, 1.807) is 18.2 Å². The number of benzene rings is 1. The van der Waals surface area contributed by atoms with Gasteiger partial charge in [0.2, 0.25) is 11.0 Å². The fraction of sp³-hybridized carbons (Fsp3) is 0.458. The maximum atomic E-state index is 12.7. The summed E-state index contributed by atoms with van der Waals surface area (Å²) in [6.45, 7) is 0. The van der Waals surface area contributed by atoms with E-state index in [1.807, 2.05) is 0 Å². The van der Waals surface area contributed by atoms with Gasteiger partial charge in [0.05, 0.1) is 5.41 Å². The summed E-state index contributed by atoms with van der Waals surface area (Å²) in [7, 11) is -4.16. The van der Waals surface area contributed by atoms with Crippen LogP contribution in [-0.4, -0.2) is 31.3 Å². The Morgan fingerprint density at radius 2 is 1.77 bits per heavy atom. The molecule has 0 spiro atoms. The maximum Gasteiger partial charge on any atom is 0.297 e. The number of furan rings is 1. The number of hydrogen-bond acceptors (Lipinski definition) is 7. The molecule has 1 aromatic carbocycles. The highest BCUT2D eigenvalue weighted by molar-refractivity contribution is 7.89. The molecular formula is C24H24ClN3O6S. The summed E-state index contributed by atoms with van der Waals surface area (Å²) in [6, 6.07) is 7.77. The van der Waals surface area contributed by atoms with Gasteiger partial charge in [0.25, 0.3) is 15.9 Å². The Kier molecular flexibility index (Phi) is 5.23. The summed E-state index contributed by atoms with van der Waals surface area (Å²) in [5.41, 5.74) is 0.893. The normalized spacial score (nSPS) is 27.6. The third-order valence-corrected chi connectivity index (χ3v) is 9.03. The third-order valence-electron chi connectivity index (χ3n) is 7.59.